The maximum atomic E-state index is 6.06. The standard InChI is InChI=1S/C13H20ClN/c1-4-5-6-13(15-3)11-7-10(2)8-12(14)9-11/h7-9,13,15H,4-6H2,1-3H3. The Labute approximate surface area is 97.8 Å². The molecule has 0 fully saturated rings. The van der Waals surface area contributed by atoms with Crippen LogP contribution in [0.25, 0.3) is 0 Å². The van der Waals surface area contributed by atoms with Crippen LogP contribution in [-0.2, 0) is 0 Å². The molecule has 0 spiro atoms. The van der Waals surface area contributed by atoms with Gasteiger partial charge >= 0.3 is 0 Å². The predicted molar refractivity (Wildman–Crippen MR) is 67.5 cm³/mol. The molecule has 1 unspecified atom stereocenters. The Bertz CT molecular complexity index is 289. The zero-order valence-electron chi connectivity index (χ0n) is 9.81. The molecule has 84 valence electrons. The highest BCUT2D eigenvalue weighted by Crippen LogP contribution is 2.23. The number of nitrogens with one attached hydrogen (secondary N) is 1. The van der Waals surface area contributed by atoms with Crippen molar-refractivity contribution in [3.8, 4) is 0 Å². The van der Waals surface area contributed by atoms with E-state index in [-0.39, 0.29) is 0 Å². The highest BCUT2D eigenvalue weighted by molar-refractivity contribution is 6.30. The van der Waals surface area contributed by atoms with Crippen molar-refractivity contribution < 1.29 is 0 Å². The molecule has 0 heterocycles. The summed E-state index contributed by atoms with van der Waals surface area (Å²) in [5.41, 5.74) is 2.53. The minimum atomic E-state index is 0.433. The molecule has 1 atom stereocenters. The number of halogens is 1. The van der Waals surface area contributed by atoms with E-state index in [1.807, 2.05) is 13.1 Å². The number of benzene rings is 1. The summed E-state index contributed by atoms with van der Waals surface area (Å²) in [6.07, 6.45) is 3.65. The third kappa shape index (κ3) is 3.84. The molecular formula is C13H20ClN. The van der Waals surface area contributed by atoms with Crippen LogP contribution in [0.3, 0.4) is 0 Å². The van der Waals surface area contributed by atoms with Crippen LogP contribution in [0.2, 0.25) is 5.02 Å². The molecule has 1 aromatic rings. The lowest BCUT2D eigenvalue weighted by Gasteiger charge is -2.17. The number of hydrogen-bond acceptors (Lipinski definition) is 1. The molecule has 0 aromatic heterocycles. The van der Waals surface area contributed by atoms with E-state index in [0.29, 0.717) is 6.04 Å². The van der Waals surface area contributed by atoms with E-state index in [2.05, 4.69) is 31.3 Å². The number of rotatable bonds is 5. The van der Waals surface area contributed by atoms with Gasteiger partial charge in [-0.2, -0.15) is 0 Å². The second-order valence-corrected chi connectivity index (χ2v) is 4.48. The Balaban J connectivity index is 2.81. The molecule has 1 aromatic carbocycles. The van der Waals surface area contributed by atoms with Crippen molar-refractivity contribution >= 4 is 11.6 Å². The Hall–Kier alpha value is -0.530. The average Bonchev–Trinajstić information content (AvgIpc) is 2.17. The van der Waals surface area contributed by atoms with Crippen molar-refractivity contribution in [1.82, 2.24) is 5.32 Å². The molecule has 0 aliphatic heterocycles. The van der Waals surface area contributed by atoms with E-state index in [0.717, 1.165) is 5.02 Å². The van der Waals surface area contributed by atoms with Gasteiger partial charge in [0, 0.05) is 11.1 Å². The lowest BCUT2D eigenvalue weighted by Crippen LogP contribution is -2.16. The zero-order valence-corrected chi connectivity index (χ0v) is 10.6. The summed E-state index contributed by atoms with van der Waals surface area (Å²) in [5.74, 6) is 0. The van der Waals surface area contributed by atoms with Gasteiger partial charge in [0.1, 0.15) is 0 Å². The number of unbranched alkanes of at least 4 members (excludes halogenated alkanes) is 1. The second-order valence-electron chi connectivity index (χ2n) is 4.05. The fourth-order valence-electron chi connectivity index (χ4n) is 1.85. The molecule has 15 heavy (non-hydrogen) atoms. The van der Waals surface area contributed by atoms with Crippen LogP contribution < -0.4 is 5.32 Å². The van der Waals surface area contributed by atoms with Crippen molar-refractivity contribution in [3.05, 3.63) is 34.3 Å². The van der Waals surface area contributed by atoms with Gasteiger partial charge in [0.05, 0.1) is 0 Å². The minimum absolute atomic E-state index is 0.433. The van der Waals surface area contributed by atoms with Gasteiger partial charge in [-0.25, -0.2) is 0 Å². The van der Waals surface area contributed by atoms with Gasteiger partial charge in [0.2, 0.25) is 0 Å². The lowest BCUT2D eigenvalue weighted by molar-refractivity contribution is 0.522. The van der Waals surface area contributed by atoms with Gasteiger partial charge in [0.15, 0.2) is 0 Å². The smallest absolute Gasteiger partial charge is 0.0411 e. The monoisotopic (exact) mass is 225 g/mol. The summed E-state index contributed by atoms with van der Waals surface area (Å²) in [7, 11) is 2.01. The first kappa shape index (κ1) is 12.5. The van der Waals surface area contributed by atoms with Gasteiger partial charge in [-0.15, -0.1) is 0 Å². The molecule has 0 amide bonds. The van der Waals surface area contributed by atoms with Gasteiger partial charge in [-0.3, -0.25) is 0 Å². The van der Waals surface area contributed by atoms with Crippen LogP contribution >= 0.6 is 11.6 Å². The van der Waals surface area contributed by atoms with Crippen LogP contribution in [-0.4, -0.2) is 7.05 Å². The Morgan fingerprint density at radius 2 is 2.07 bits per heavy atom. The summed E-state index contributed by atoms with van der Waals surface area (Å²) >= 11 is 6.06. The van der Waals surface area contributed by atoms with Gasteiger partial charge in [0.25, 0.3) is 0 Å². The van der Waals surface area contributed by atoms with Crippen molar-refractivity contribution in [1.29, 1.82) is 0 Å². The van der Waals surface area contributed by atoms with Crippen molar-refractivity contribution in [2.45, 2.75) is 39.2 Å². The van der Waals surface area contributed by atoms with Crippen LogP contribution in [0.4, 0.5) is 0 Å². The molecule has 0 radical (unpaired) electrons. The first-order valence-corrected chi connectivity index (χ1v) is 5.99. The minimum Gasteiger partial charge on any atom is -0.313 e. The third-order valence-electron chi connectivity index (χ3n) is 2.66. The second kappa shape index (κ2) is 6.14. The van der Waals surface area contributed by atoms with Gasteiger partial charge < -0.3 is 5.32 Å². The molecule has 0 saturated carbocycles. The van der Waals surface area contributed by atoms with Crippen LogP contribution in [0.5, 0.6) is 0 Å². The Kier molecular flexibility index (Phi) is 5.13. The van der Waals surface area contributed by atoms with Crippen molar-refractivity contribution in [2.24, 2.45) is 0 Å². The first-order valence-electron chi connectivity index (χ1n) is 5.61. The molecular weight excluding hydrogens is 206 g/mol. The zero-order chi connectivity index (χ0) is 11.3. The fraction of sp³-hybridized carbons (Fsp3) is 0.538. The number of hydrogen-bond donors (Lipinski definition) is 1. The largest absolute Gasteiger partial charge is 0.313 e. The summed E-state index contributed by atoms with van der Waals surface area (Å²) < 4.78 is 0. The van der Waals surface area contributed by atoms with Crippen molar-refractivity contribution in [2.75, 3.05) is 7.05 Å². The quantitative estimate of drug-likeness (QED) is 0.796. The fourth-order valence-corrected chi connectivity index (χ4v) is 2.15. The van der Waals surface area contributed by atoms with E-state index in [9.17, 15) is 0 Å². The van der Waals surface area contributed by atoms with Gasteiger partial charge in [-0.05, 0) is 43.7 Å². The normalized spacial score (nSPS) is 12.8. The molecule has 0 aliphatic rings. The van der Waals surface area contributed by atoms with Crippen molar-refractivity contribution in [3.63, 3.8) is 0 Å². The summed E-state index contributed by atoms with van der Waals surface area (Å²) in [4.78, 5) is 0. The molecule has 2 heteroatoms. The molecule has 1 nitrogen and oxygen atoms in total. The molecule has 1 rings (SSSR count). The van der Waals surface area contributed by atoms with E-state index >= 15 is 0 Å². The lowest BCUT2D eigenvalue weighted by atomic mass is 10.00. The van der Waals surface area contributed by atoms with E-state index in [4.69, 9.17) is 11.6 Å². The first-order chi connectivity index (χ1) is 7.17. The van der Waals surface area contributed by atoms with E-state index in [1.54, 1.807) is 0 Å². The summed E-state index contributed by atoms with van der Waals surface area (Å²) in [6.45, 7) is 4.30. The number of aryl methyl sites for hydroxylation is 1. The Morgan fingerprint density at radius 3 is 2.60 bits per heavy atom. The molecule has 0 aliphatic carbocycles. The molecule has 1 N–H and O–H groups in total. The van der Waals surface area contributed by atoms with Crippen LogP contribution in [0.1, 0.15) is 43.4 Å². The predicted octanol–water partition coefficient (Wildman–Crippen LogP) is 4.10. The SMILES string of the molecule is CCCCC(NC)c1cc(C)cc(Cl)c1. The van der Waals surface area contributed by atoms with Crippen LogP contribution in [0, 0.1) is 6.92 Å². The highest BCUT2D eigenvalue weighted by Gasteiger charge is 2.09. The Morgan fingerprint density at radius 1 is 1.33 bits per heavy atom. The van der Waals surface area contributed by atoms with E-state index < -0.39 is 0 Å². The third-order valence-corrected chi connectivity index (χ3v) is 2.88. The summed E-state index contributed by atoms with van der Waals surface area (Å²) in [5, 5.41) is 4.18. The maximum absolute atomic E-state index is 6.06. The maximum Gasteiger partial charge on any atom is 0.0411 e. The van der Waals surface area contributed by atoms with E-state index in [1.165, 1.54) is 30.4 Å². The highest BCUT2D eigenvalue weighted by atomic mass is 35.5. The molecule has 0 bridgehead atoms. The summed E-state index contributed by atoms with van der Waals surface area (Å²) in [6, 6.07) is 6.70. The topological polar surface area (TPSA) is 12.0 Å². The van der Waals surface area contributed by atoms with Gasteiger partial charge in [-0.1, -0.05) is 37.4 Å². The average molecular weight is 226 g/mol. The van der Waals surface area contributed by atoms with Crippen LogP contribution in [0.15, 0.2) is 18.2 Å². The molecule has 0 saturated heterocycles.